The molecule has 0 bridgehead atoms. The molecule has 1 saturated carbocycles. The third-order valence-electron chi connectivity index (χ3n) is 4.21. The molecule has 1 aliphatic heterocycles. The van der Waals surface area contributed by atoms with Crippen LogP contribution in [0.3, 0.4) is 0 Å². The van der Waals surface area contributed by atoms with E-state index in [4.69, 9.17) is 28.2 Å². The zero-order valence-corrected chi connectivity index (χ0v) is 13.8. The molecule has 108 valence electrons. The van der Waals surface area contributed by atoms with Crippen molar-refractivity contribution in [3.8, 4) is 0 Å². The summed E-state index contributed by atoms with van der Waals surface area (Å²) in [4.78, 5) is 4.95. The maximum Gasteiger partial charge on any atom is 0.161 e. The molecule has 1 fully saturated rings. The van der Waals surface area contributed by atoms with Crippen molar-refractivity contribution in [1.29, 1.82) is 0 Å². The van der Waals surface area contributed by atoms with Gasteiger partial charge in [-0.2, -0.15) is 0 Å². The van der Waals surface area contributed by atoms with Gasteiger partial charge in [0.15, 0.2) is 5.17 Å². The van der Waals surface area contributed by atoms with E-state index < -0.39 is 0 Å². The van der Waals surface area contributed by atoms with Gasteiger partial charge in [-0.25, -0.2) is 0 Å². The molecule has 0 aromatic heterocycles. The van der Waals surface area contributed by atoms with Crippen molar-refractivity contribution < 1.29 is 0 Å². The number of nitrogens with one attached hydrogen (secondary N) is 1. The molecule has 1 aromatic carbocycles. The van der Waals surface area contributed by atoms with E-state index in [0.29, 0.717) is 10.0 Å². The van der Waals surface area contributed by atoms with Gasteiger partial charge in [0.05, 0.1) is 21.3 Å². The van der Waals surface area contributed by atoms with Crippen LogP contribution in [0.2, 0.25) is 10.0 Å². The molecule has 1 N–H and O–H groups in total. The SMILES string of the molecule is CC1CCC2(CC1)CSC(Nc1cccc(Cl)c1Cl)=N2. The molecule has 1 aliphatic carbocycles. The Hall–Kier alpha value is -0.380. The van der Waals surface area contributed by atoms with E-state index >= 15 is 0 Å². The first-order valence-electron chi connectivity index (χ1n) is 7.02. The van der Waals surface area contributed by atoms with Crippen molar-refractivity contribution in [2.24, 2.45) is 10.9 Å². The highest BCUT2D eigenvalue weighted by Crippen LogP contribution is 2.42. The molecule has 1 aromatic rings. The van der Waals surface area contributed by atoms with E-state index in [-0.39, 0.29) is 5.54 Å². The van der Waals surface area contributed by atoms with E-state index in [9.17, 15) is 0 Å². The molecule has 3 rings (SSSR count). The molecule has 1 heterocycles. The Labute approximate surface area is 134 Å². The Balaban J connectivity index is 1.74. The van der Waals surface area contributed by atoms with E-state index in [1.54, 1.807) is 17.8 Å². The highest BCUT2D eigenvalue weighted by atomic mass is 35.5. The van der Waals surface area contributed by atoms with E-state index in [0.717, 1.165) is 22.5 Å². The lowest BCUT2D eigenvalue weighted by molar-refractivity contribution is 0.273. The molecular weight excluding hydrogens is 311 g/mol. The molecule has 0 atom stereocenters. The number of benzene rings is 1. The van der Waals surface area contributed by atoms with Crippen LogP contribution < -0.4 is 5.32 Å². The smallest absolute Gasteiger partial charge is 0.161 e. The number of aliphatic imine (C=N–C) groups is 1. The second-order valence-corrected chi connectivity index (χ2v) is 7.59. The van der Waals surface area contributed by atoms with Crippen LogP contribution in [0.25, 0.3) is 0 Å². The van der Waals surface area contributed by atoms with Crippen LogP contribution in [-0.4, -0.2) is 16.5 Å². The van der Waals surface area contributed by atoms with Gasteiger partial charge in [0.2, 0.25) is 0 Å². The molecule has 0 amide bonds. The number of rotatable bonds is 1. The van der Waals surface area contributed by atoms with E-state index in [2.05, 4.69) is 12.2 Å². The van der Waals surface area contributed by atoms with Crippen LogP contribution in [0.5, 0.6) is 0 Å². The molecule has 2 nitrogen and oxygen atoms in total. The molecule has 0 unspecified atom stereocenters. The summed E-state index contributed by atoms with van der Waals surface area (Å²) in [6, 6.07) is 5.63. The van der Waals surface area contributed by atoms with Gasteiger partial charge < -0.3 is 5.32 Å². The van der Waals surface area contributed by atoms with E-state index in [1.807, 2.05) is 12.1 Å². The number of hydrogen-bond acceptors (Lipinski definition) is 3. The average Bonchev–Trinajstić information content (AvgIpc) is 2.82. The predicted molar refractivity (Wildman–Crippen MR) is 90.3 cm³/mol. The first-order chi connectivity index (χ1) is 9.58. The van der Waals surface area contributed by atoms with Crippen molar-refractivity contribution in [3.05, 3.63) is 28.2 Å². The van der Waals surface area contributed by atoms with Crippen LogP contribution in [0.15, 0.2) is 23.2 Å². The highest BCUT2D eigenvalue weighted by molar-refractivity contribution is 8.14. The fourth-order valence-electron chi connectivity index (χ4n) is 2.82. The highest BCUT2D eigenvalue weighted by Gasteiger charge is 2.38. The fourth-order valence-corrected chi connectivity index (χ4v) is 4.36. The fraction of sp³-hybridized carbons (Fsp3) is 0.533. The summed E-state index contributed by atoms with van der Waals surface area (Å²) in [6.45, 7) is 2.34. The third kappa shape index (κ3) is 2.95. The normalized spacial score (nSPS) is 29.6. The van der Waals surface area contributed by atoms with Gasteiger partial charge >= 0.3 is 0 Å². The Morgan fingerprint density at radius 3 is 2.80 bits per heavy atom. The van der Waals surface area contributed by atoms with Crippen molar-refractivity contribution in [2.45, 2.75) is 38.1 Å². The minimum atomic E-state index is 0.157. The van der Waals surface area contributed by atoms with Crippen molar-refractivity contribution in [1.82, 2.24) is 0 Å². The van der Waals surface area contributed by atoms with Gasteiger partial charge in [-0.1, -0.05) is 48.0 Å². The maximum absolute atomic E-state index is 6.21. The summed E-state index contributed by atoms with van der Waals surface area (Å²) in [5.74, 6) is 1.93. The summed E-state index contributed by atoms with van der Waals surface area (Å²) in [5.41, 5.74) is 0.997. The molecular formula is C15H18Cl2N2S. The first-order valence-corrected chi connectivity index (χ1v) is 8.76. The average molecular weight is 329 g/mol. The quantitative estimate of drug-likeness (QED) is 0.740. The lowest BCUT2D eigenvalue weighted by Gasteiger charge is -2.32. The van der Waals surface area contributed by atoms with Crippen molar-refractivity contribution >= 4 is 45.8 Å². The summed E-state index contributed by atoms with van der Waals surface area (Å²) in [5, 5.41) is 5.44. The van der Waals surface area contributed by atoms with Crippen LogP contribution in [0.4, 0.5) is 5.69 Å². The number of amidine groups is 1. The minimum absolute atomic E-state index is 0.157. The first kappa shape index (κ1) is 14.6. The lowest BCUT2D eigenvalue weighted by Crippen LogP contribution is -2.32. The number of hydrogen-bond donors (Lipinski definition) is 1. The molecule has 20 heavy (non-hydrogen) atoms. The van der Waals surface area contributed by atoms with Crippen molar-refractivity contribution in [2.75, 3.05) is 11.1 Å². The van der Waals surface area contributed by atoms with Gasteiger partial charge in [-0.3, -0.25) is 4.99 Å². The predicted octanol–water partition coefficient (Wildman–Crippen LogP) is 5.46. The Morgan fingerprint density at radius 2 is 2.05 bits per heavy atom. The lowest BCUT2D eigenvalue weighted by atomic mass is 9.79. The number of nitrogens with zero attached hydrogens (tertiary/aromatic N) is 1. The monoisotopic (exact) mass is 328 g/mol. The Morgan fingerprint density at radius 1 is 1.30 bits per heavy atom. The van der Waals surface area contributed by atoms with Crippen LogP contribution in [-0.2, 0) is 0 Å². The minimum Gasteiger partial charge on any atom is -0.334 e. The largest absolute Gasteiger partial charge is 0.334 e. The molecule has 1 spiro atoms. The van der Waals surface area contributed by atoms with Crippen LogP contribution in [0.1, 0.15) is 32.6 Å². The van der Waals surface area contributed by atoms with Crippen LogP contribution >= 0.6 is 35.0 Å². The van der Waals surface area contributed by atoms with E-state index in [1.165, 1.54) is 25.7 Å². The molecule has 2 aliphatic rings. The standard InChI is InChI=1S/C15H18Cl2N2S/c1-10-5-7-15(8-6-10)9-20-14(19-15)18-12-4-2-3-11(16)13(12)17/h2-4,10H,5-9H2,1H3,(H,18,19). The van der Waals surface area contributed by atoms with Gasteiger partial charge in [0.1, 0.15) is 0 Å². The van der Waals surface area contributed by atoms with Gasteiger partial charge in [-0.15, -0.1) is 0 Å². The second kappa shape index (κ2) is 5.78. The van der Waals surface area contributed by atoms with Crippen molar-refractivity contribution in [3.63, 3.8) is 0 Å². The van der Waals surface area contributed by atoms with Crippen LogP contribution in [0, 0.1) is 5.92 Å². The third-order valence-corrected chi connectivity index (χ3v) is 6.18. The number of anilines is 1. The summed E-state index contributed by atoms with van der Waals surface area (Å²) in [6.07, 6.45) is 4.98. The van der Waals surface area contributed by atoms with Gasteiger partial charge in [-0.05, 0) is 43.7 Å². The van der Waals surface area contributed by atoms with Gasteiger partial charge in [0.25, 0.3) is 0 Å². The topological polar surface area (TPSA) is 24.4 Å². The molecule has 5 heteroatoms. The summed E-state index contributed by atoms with van der Waals surface area (Å²) >= 11 is 14.0. The molecule has 0 radical (unpaired) electrons. The number of thioether (sulfide) groups is 1. The Kier molecular flexibility index (Phi) is 4.21. The molecule has 0 saturated heterocycles. The van der Waals surface area contributed by atoms with Gasteiger partial charge in [0, 0.05) is 5.75 Å². The second-order valence-electron chi connectivity index (χ2n) is 5.84. The summed E-state index contributed by atoms with van der Waals surface area (Å²) < 4.78 is 0. The maximum atomic E-state index is 6.21. The Bertz CT molecular complexity index is 537. The zero-order chi connectivity index (χ0) is 14.2. The zero-order valence-electron chi connectivity index (χ0n) is 11.5. The summed E-state index contributed by atoms with van der Waals surface area (Å²) in [7, 11) is 0. The number of halogens is 2.